The van der Waals surface area contributed by atoms with Gasteiger partial charge in [0.25, 0.3) is 0 Å². The van der Waals surface area contributed by atoms with Crippen molar-refractivity contribution in [2.45, 2.75) is 45.9 Å². The summed E-state index contributed by atoms with van der Waals surface area (Å²) in [6.07, 6.45) is 0. The average Bonchev–Trinajstić information content (AvgIpc) is 2.02. The topological polar surface area (TPSA) is 0 Å². The fourth-order valence-corrected chi connectivity index (χ4v) is 2.14. The van der Waals surface area contributed by atoms with Crippen molar-refractivity contribution in [3.8, 4) is 0 Å². The third kappa shape index (κ3) is 2.30. The minimum absolute atomic E-state index is 0.207. The number of halogens is 1. The zero-order valence-electron chi connectivity index (χ0n) is 9.74. The molecule has 0 radical (unpaired) electrons. The number of hydrogen-bond acceptors (Lipinski definition) is 0. The van der Waals surface area contributed by atoms with E-state index in [1.807, 2.05) is 0 Å². The predicted molar refractivity (Wildman–Crippen MR) is 64.2 cm³/mol. The maximum Gasteiger partial charge on any atom is 0.0476 e. The van der Waals surface area contributed by atoms with Gasteiger partial charge in [-0.15, -0.1) is 11.6 Å². The van der Waals surface area contributed by atoms with Gasteiger partial charge in [-0.3, -0.25) is 0 Å². The molecule has 0 aliphatic heterocycles. The van der Waals surface area contributed by atoms with Gasteiger partial charge in [-0.2, -0.15) is 0 Å². The van der Waals surface area contributed by atoms with E-state index in [9.17, 15) is 0 Å². The quantitative estimate of drug-likeness (QED) is 0.605. The van der Waals surface area contributed by atoms with E-state index in [1.54, 1.807) is 0 Å². The molecule has 1 aromatic rings. The van der Waals surface area contributed by atoms with Crippen LogP contribution in [0.25, 0.3) is 0 Å². The molecule has 0 bridgehead atoms. The lowest BCUT2D eigenvalue weighted by atomic mass is 9.82. The Morgan fingerprint density at radius 3 is 2.07 bits per heavy atom. The molecule has 1 aromatic carbocycles. The molecule has 0 spiro atoms. The molecule has 14 heavy (non-hydrogen) atoms. The Hall–Kier alpha value is -0.490. The van der Waals surface area contributed by atoms with Gasteiger partial charge < -0.3 is 0 Å². The Bertz CT molecular complexity index is 332. The molecule has 0 atom stereocenters. The molecule has 0 amide bonds. The van der Waals surface area contributed by atoms with Gasteiger partial charge >= 0.3 is 0 Å². The van der Waals surface area contributed by atoms with Crippen molar-refractivity contribution in [3.63, 3.8) is 0 Å². The number of rotatable bonds is 1. The Balaban J connectivity index is 3.32. The molecule has 0 aromatic heterocycles. The molecule has 0 unspecified atom stereocenters. The molecule has 0 fully saturated rings. The van der Waals surface area contributed by atoms with Crippen molar-refractivity contribution in [3.05, 3.63) is 34.4 Å². The summed E-state index contributed by atoms with van der Waals surface area (Å²) in [6.45, 7) is 11.0. The summed E-state index contributed by atoms with van der Waals surface area (Å²) < 4.78 is 0. The fraction of sp³-hybridized carbons (Fsp3) is 0.538. The van der Waals surface area contributed by atoms with Crippen LogP contribution in [0.4, 0.5) is 0 Å². The van der Waals surface area contributed by atoms with Gasteiger partial charge in [0, 0.05) is 5.88 Å². The summed E-state index contributed by atoms with van der Waals surface area (Å²) in [5.74, 6) is 0.606. The molecular formula is C13H19Cl. The van der Waals surface area contributed by atoms with Crippen molar-refractivity contribution < 1.29 is 0 Å². The number of benzene rings is 1. The SMILES string of the molecule is Cc1cc(C)c(C(C)(C)C)cc1CCl. The summed E-state index contributed by atoms with van der Waals surface area (Å²) in [5, 5.41) is 0. The second-order valence-corrected chi connectivity index (χ2v) is 5.24. The van der Waals surface area contributed by atoms with Crippen LogP contribution in [0, 0.1) is 13.8 Å². The number of alkyl halides is 1. The second kappa shape index (κ2) is 3.94. The molecule has 0 heterocycles. The fourth-order valence-electron chi connectivity index (χ4n) is 1.85. The van der Waals surface area contributed by atoms with Crippen LogP contribution in [0.2, 0.25) is 0 Å². The van der Waals surface area contributed by atoms with Gasteiger partial charge in [0.1, 0.15) is 0 Å². The zero-order valence-corrected chi connectivity index (χ0v) is 10.5. The third-order valence-electron chi connectivity index (χ3n) is 2.63. The largest absolute Gasteiger partial charge is 0.122 e. The number of hydrogen-bond donors (Lipinski definition) is 0. The molecular weight excluding hydrogens is 192 g/mol. The first-order chi connectivity index (χ1) is 6.36. The predicted octanol–water partition coefficient (Wildman–Crippen LogP) is 4.34. The Kier molecular flexibility index (Phi) is 3.26. The highest BCUT2D eigenvalue weighted by Gasteiger charge is 2.17. The van der Waals surface area contributed by atoms with Crippen LogP contribution < -0.4 is 0 Å². The summed E-state index contributed by atoms with van der Waals surface area (Å²) in [7, 11) is 0. The average molecular weight is 211 g/mol. The summed E-state index contributed by atoms with van der Waals surface area (Å²) in [5.41, 5.74) is 5.52. The monoisotopic (exact) mass is 210 g/mol. The first-order valence-corrected chi connectivity index (χ1v) is 5.56. The Morgan fingerprint density at radius 1 is 1.07 bits per heavy atom. The van der Waals surface area contributed by atoms with E-state index in [0.717, 1.165) is 0 Å². The van der Waals surface area contributed by atoms with Crippen LogP contribution in [-0.4, -0.2) is 0 Å². The van der Waals surface area contributed by atoms with Gasteiger partial charge in [-0.1, -0.05) is 32.9 Å². The standard InChI is InChI=1S/C13H19Cl/c1-9-6-10(2)12(13(3,4)5)7-11(9)8-14/h6-7H,8H2,1-5H3. The maximum absolute atomic E-state index is 5.91. The molecule has 0 saturated heterocycles. The van der Waals surface area contributed by atoms with E-state index in [4.69, 9.17) is 11.6 Å². The van der Waals surface area contributed by atoms with E-state index in [-0.39, 0.29) is 5.41 Å². The summed E-state index contributed by atoms with van der Waals surface area (Å²) in [4.78, 5) is 0. The smallest absolute Gasteiger partial charge is 0.0476 e. The van der Waals surface area contributed by atoms with E-state index in [0.29, 0.717) is 5.88 Å². The lowest BCUT2D eigenvalue weighted by molar-refractivity contribution is 0.585. The van der Waals surface area contributed by atoms with E-state index < -0.39 is 0 Å². The summed E-state index contributed by atoms with van der Waals surface area (Å²) >= 11 is 5.91. The minimum Gasteiger partial charge on any atom is -0.122 e. The van der Waals surface area contributed by atoms with Gasteiger partial charge in [0.15, 0.2) is 0 Å². The maximum atomic E-state index is 5.91. The Labute approximate surface area is 92.3 Å². The van der Waals surface area contributed by atoms with Crippen molar-refractivity contribution in [1.82, 2.24) is 0 Å². The molecule has 1 rings (SSSR count). The first kappa shape index (κ1) is 11.6. The highest BCUT2D eigenvalue weighted by atomic mass is 35.5. The van der Waals surface area contributed by atoms with Crippen LogP contribution in [0.1, 0.15) is 43.0 Å². The molecule has 0 N–H and O–H groups in total. The van der Waals surface area contributed by atoms with Crippen LogP contribution in [0.15, 0.2) is 12.1 Å². The molecule has 1 heteroatoms. The molecule has 0 aliphatic carbocycles. The van der Waals surface area contributed by atoms with E-state index in [1.165, 1.54) is 22.3 Å². The summed E-state index contributed by atoms with van der Waals surface area (Å²) in [6, 6.07) is 4.48. The molecule has 78 valence electrons. The lowest BCUT2D eigenvalue weighted by Gasteiger charge is -2.23. The number of aryl methyl sites for hydroxylation is 2. The Morgan fingerprint density at radius 2 is 1.64 bits per heavy atom. The van der Waals surface area contributed by atoms with Crippen LogP contribution in [0.3, 0.4) is 0 Å². The van der Waals surface area contributed by atoms with E-state index in [2.05, 4.69) is 46.8 Å². The molecule has 0 saturated carbocycles. The third-order valence-corrected chi connectivity index (χ3v) is 2.92. The van der Waals surface area contributed by atoms with Crippen molar-refractivity contribution in [2.24, 2.45) is 0 Å². The normalized spacial score (nSPS) is 11.9. The van der Waals surface area contributed by atoms with Crippen molar-refractivity contribution in [2.75, 3.05) is 0 Å². The molecule has 0 nitrogen and oxygen atoms in total. The first-order valence-electron chi connectivity index (χ1n) is 5.03. The van der Waals surface area contributed by atoms with Gasteiger partial charge in [-0.25, -0.2) is 0 Å². The van der Waals surface area contributed by atoms with Gasteiger partial charge in [-0.05, 0) is 41.5 Å². The molecule has 0 aliphatic rings. The minimum atomic E-state index is 0.207. The highest BCUT2D eigenvalue weighted by molar-refractivity contribution is 6.17. The zero-order chi connectivity index (χ0) is 10.9. The van der Waals surface area contributed by atoms with E-state index >= 15 is 0 Å². The van der Waals surface area contributed by atoms with Crippen LogP contribution in [0.5, 0.6) is 0 Å². The lowest BCUT2D eigenvalue weighted by Crippen LogP contribution is -2.13. The second-order valence-electron chi connectivity index (χ2n) is 4.98. The highest BCUT2D eigenvalue weighted by Crippen LogP contribution is 2.28. The van der Waals surface area contributed by atoms with Crippen molar-refractivity contribution in [1.29, 1.82) is 0 Å². The van der Waals surface area contributed by atoms with Crippen molar-refractivity contribution >= 4 is 11.6 Å². The van der Waals surface area contributed by atoms with Crippen LogP contribution in [-0.2, 0) is 11.3 Å². The van der Waals surface area contributed by atoms with Crippen LogP contribution >= 0.6 is 11.6 Å². The van der Waals surface area contributed by atoms with Gasteiger partial charge in [0.05, 0.1) is 0 Å². The van der Waals surface area contributed by atoms with Gasteiger partial charge in [0.2, 0.25) is 0 Å².